The third-order valence-corrected chi connectivity index (χ3v) is 5.43. The lowest BCUT2D eigenvalue weighted by molar-refractivity contribution is 0.123. The van der Waals surface area contributed by atoms with E-state index in [2.05, 4.69) is 20.7 Å². The molecule has 0 unspecified atom stereocenters. The van der Waals surface area contributed by atoms with Crippen molar-refractivity contribution in [2.75, 3.05) is 19.8 Å². The zero-order valence-electron chi connectivity index (χ0n) is 10.9. The molecule has 1 aliphatic carbocycles. The van der Waals surface area contributed by atoms with E-state index in [0.29, 0.717) is 19.6 Å². The molecule has 0 bridgehead atoms. The average Bonchev–Trinajstić information content (AvgIpc) is 3.17. The molecule has 1 aromatic carbocycles. The van der Waals surface area contributed by atoms with E-state index in [1.54, 1.807) is 12.1 Å². The first kappa shape index (κ1) is 16.2. The molecule has 0 heterocycles. The van der Waals surface area contributed by atoms with Gasteiger partial charge in [0.05, 0.1) is 5.02 Å². The Morgan fingerprint density at radius 1 is 1.40 bits per heavy atom. The molecule has 1 fully saturated rings. The molecule has 0 radical (unpaired) electrons. The molecule has 0 amide bonds. The summed E-state index contributed by atoms with van der Waals surface area (Å²) in [6, 6.07) is 4.70. The van der Waals surface area contributed by atoms with Crippen molar-refractivity contribution in [2.45, 2.75) is 24.2 Å². The zero-order chi connectivity index (χ0) is 14.6. The first-order valence-corrected chi connectivity index (χ1v) is 9.17. The minimum atomic E-state index is -3.56. The van der Waals surface area contributed by atoms with Crippen molar-refractivity contribution in [1.29, 1.82) is 0 Å². The zero-order valence-corrected chi connectivity index (χ0v) is 14.1. The quantitative estimate of drug-likeness (QED) is 0.703. The van der Waals surface area contributed by atoms with E-state index >= 15 is 0 Å². The molecule has 2 rings (SSSR count). The lowest BCUT2D eigenvalue weighted by Crippen LogP contribution is -2.26. The molecule has 0 aliphatic heterocycles. The van der Waals surface area contributed by atoms with Gasteiger partial charge in [-0.15, -0.1) is 0 Å². The molecular formula is C13H17BrClNO3S. The van der Waals surface area contributed by atoms with Crippen LogP contribution in [0, 0.1) is 5.92 Å². The lowest BCUT2D eigenvalue weighted by atomic mass is 10.4. The van der Waals surface area contributed by atoms with Crippen LogP contribution in [-0.2, 0) is 14.8 Å². The van der Waals surface area contributed by atoms with Crippen molar-refractivity contribution in [1.82, 2.24) is 4.72 Å². The summed E-state index contributed by atoms with van der Waals surface area (Å²) in [5.41, 5.74) is 0. The molecule has 1 saturated carbocycles. The monoisotopic (exact) mass is 381 g/mol. The largest absolute Gasteiger partial charge is 0.381 e. The highest BCUT2D eigenvalue weighted by Crippen LogP contribution is 2.28. The number of nitrogens with one attached hydrogen (secondary N) is 1. The Hall–Kier alpha value is -0.140. The molecular weight excluding hydrogens is 366 g/mol. The van der Waals surface area contributed by atoms with E-state index in [1.807, 2.05) is 0 Å². The van der Waals surface area contributed by atoms with E-state index < -0.39 is 10.0 Å². The van der Waals surface area contributed by atoms with Crippen molar-refractivity contribution in [3.05, 3.63) is 27.7 Å². The van der Waals surface area contributed by atoms with Gasteiger partial charge >= 0.3 is 0 Å². The maximum atomic E-state index is 12.1. The highest BCUT2D eigenvalue weighted by molar-refractivity contribution is 9.10. The van der Waals surface area contributed by atoms with Crippen LogP contribution in [0.3, 0.4) is 0 Å². The van der Waals surface area contributed by atoms with Gasteiger partial charge in [0.2, 0.25) is 10.0 Å². The van der Waals surface area contributed by atoms with Gasteiger partial charge in [0.1, 0.15) is 4.90 Å². The summed E-state index contributed by atoms with van der Waals surface area (Å²) in [5.74, 6) is 0.730. The smallest absolute Gasteiger partial charge is 0.242 e. The standard InChI is InChI=1S/C13H17BrClNO3S/c14-11-4-5-13(12(15)8-11)20(17,18)16-6-1-7-19-9-10-2-3-10/h4-5,8,10,16H,1-3,6-7,9H2. The average molecular weight is 383 g/mol. The van der Waals surface area contributed by atoms with E-state index in [1.165, 1.54) is 18.9 Å². The number of sulfonamides is 1. The molecule has 0 saturated heterocycles. The summed E-state index contributed by atoms with van der Waals surface area (Å²) in [6.07, 6.45) is 3.17. The lowest BCUT2D eigenvalue weighted by Gasteiger charge is -2.09. The highest BCUT2D eigenvalue weighted by atomic mass is 79.9. The van der Waals surface area contributed by atoms with Crippen LogP contribution in [0.25, 0.3) is 0 Å². The normalized spacial score (nSPS) is 15.5. The predicted octanol–water partition coefficient (Wildman–Crippen LogP) is 3.20. The third-order valence-electron chi connectivity index (χ3n) is 2.99. The van der Waals surface area contributed by atoms with E-state index in [9.17, 15) is 8.42 Å². The molecule has 1 aliphatic rings. The molecule has 7 heteroatoms. The van der Waals surface area contributed by atoms with Crippen molar-refractivity contribution < 1.29 is 13.2 Å². The Balaban J connectivity index is 1.77. The Labute approximate surface area is 133 Å². The topological polar surface area (TPSA) is 55.4 Å². The van der Waals surface area contributed by atoms with Crippen molar-refractivity contribution in [3.8, 4) is 0 Å². The molecule has 0 spiro atoms. The second-order valence-corrected chi connectivity index (χ2v) is 7.90. The SMILES string of the molecule is O=S(=O)(NCCCOCC1CC1)c1ccc(Br)cc1Cl. The van der Waals surface area contributed by atoms with Crippen LogP contribution in [0.1, 0.15) is 19.3 Å². The van der Waals surface area contributed by atoms with E-state index in [-0.39, 0.29) is 9.92 Å². The first-order chi connectivity index (χ1) is 9.49. The molecule has 0 atom stereocenters. The Morgan fingerprint density at radius 2 is 2.15 bits per heavy atom. The van der Waals surface area contributed by atoms with Crippen LogP contribution in [0.5, 0.6) is 0 Å². The van der Waals surface area contributed by atoms with Gasteiger partial charge in [-0.25, -0.2) is 13.1 Å². The van der Waals surface area contributed by atoms with Crippen molar-refractivity contribution in [3.63, 3.8) is 0 Å². The highest BCUT2D eigenvalue weighted by Gasteiger charge is 2.21. The van der Waals surface area contributed by atoms with Crippen LogP contribution in [0.2, 0.25) is 5.02 Å². The molecule has 4 nitrogen and oxygen atoms in total. The molecule has 112 valence electrons. The Bertz CT molecular complexity index is 561. The summed E-state index contributed by atoms with van der Waals surface area (Å²) >= 11 is 9.19. The fourth-order valence-corrected chi connectivity index (χ4v) is 3.80. The van der Waals surface area contributed by atoms with Gasteiger partial charge in [0.25, 0.3) is 0 Å². The van der Waals surface area contributed by atoms with Crippen molar-refractivity contribution >= 4 is 37.6 Å². The van der Waals surface area contributed by atoms with Gasteiger partial charge in [0, 0.05) is 24.2 Å². The van der Waals surface area contributed by atoms with Gasteiger partial charge in [-0.1, -0.05) is 27.5 Å². The van der Waals surface area contributed by atoms with Gasteiger partial charge in [-0.2, -0.15) is 0 Å². The summed E-state index contributed by atoms with van der Waals surface area (Å²) in [5, 5.41) is 0.205. The Kier molecular flexibility index (Phi) is 5.86. The second kappa shape index (κ2) is 7.22. The van der Waals surface area contributed by atoms with Gasteiger partial charge < -0.3 is 4.74 Å². The minimum absolute atomic E-state index is 0.0984. The fraction of sp³-hybridized carbons (Fsp3) is 0.538. The summed E-state index contributed by atoms with van der Waals surface area (Å²) in [6.45, 7) is 1.72. The predicted molar refractivity (Wildman–Crippen MR) is 82.5 cm³/mol. The summed E-state index contributed by atoms with van der Waals surface area (Å²) in [4.78, 5) is 0.0984. The van der Waals surface area contributed by atoms with E-state index in [0.717, 1.165) is 17.0 Å². The summed E-state index contributed by atoms with van der Waals surface area (Å²) in [7, 11) is -3.56. The number of hydrogen-bond acceptors (Lipinski definition) is 3. The fourth-order valence-electron chi connectivity index (χ4n) is 1.69. The molecule has 1 N–H and O–H groups in total. The number of halogens is 2. The number of hydrogen-bond donors (Lipinski definition) is 1. The van der Waals surface area contributed by atoms with Gasteiger partial charge in [0.15, 0.2) is 0 Å². The number of benzene rings is 1. The maximum Gasteiger partial charge on any atom is 0.242 e. The van der Waals surface area contributed by atoms with Crippen LogP contribution >= 0.6 is 27.5 Å². The van der Waals surface area contributed by atoms with Crippen molar-refractivity contribution in [2.24, 2.45) is 5.92 Å². The van der Waals surface area contributed by atoms with Crippen LogP contribution in [-0.4, -0.2) is 28.2 Å². The molecule has 20 heavy (non-hydrogen) atoms. The van der Waals surface area contributed by atoms with E-state index in [4.69, 9.17) is 16.3 Å². The Morgan fingerprint density at radius 3 is 2.80 bits per heavy atom. The first-order valence-electron chi connectivity index (χ1n) is 6.51. The molecule has 1 aromatic rings. The van der Waals surface area contributed by atoms with Gasteiger partial charge in [-0.05, 0) is 43.4 Å². The maximum absolute atomic E-state index is 12.1. The molecule has 0 aromatic heterocycles. The number of ether oxygens (including phenoxy) is 1. The van der Waals surface area contributed by atoms with Crippen LogP contribution < -0.4 is 4.72 Å². The number of rotatable bonds is 8. The minimum Gasteiger partial charge on any atom is -0.381 e. The van der Waals surface area contributed by atoms with Gasteiger partial charge in [-0.3, -0.25) is 0 Å². The second-order valence-electron chi connectivity index (χ2n) is 4.84. The summed E-state index contributed by atoms with van der Waals surface area (Å²) < 4.78 is 32.9. The van der Waals surface area contributed by atoms with Crippen LogP contribution in [0.15, 0.2) is 27.6 Å². The third kappa shape index (κ3) is 5.00. The van der Waals surface area contributed by atoms with Crippen LogP contribution in [0.4, 0.5) is 0 Å².